The number of amides is 5. The van der Waals surface area contributed by atoms with Gasteiger partial charge in [-0.2, -0.15) is 0 Å². The van der Waals surface area contributed by atoms with Crippen molar-refractivity contribution in [1.82, 2.24) is 15.5 Å². The minimum Gasteiger partial charge on any atom is -0.387 e. The molecule has 1 unspecified atom stereocenters. The van der Waals surface area contributed by atoms with Gasteiger partial charge in [0, 0.05) is 37.7 Å². The molecule has 0 aromatic heterocycles. The lowest BCUT2D eigenvalue weighted by Crippen LogP contribution is -2.40. The van der Waals surface area contributed by atoms with Gasteiger partial charge in [0.05, 0.1) is 6.04 Å². The van der Waals surface area contributed by atoms with Crippen molar-refractivity contribution in [2.45, 2.75) is 38.1 Å². The first-order chi connectivity index (χ1) is 13.8. The monoisotopic (exact) mass is 411 g/mol. The Labute approximate surface area is 168 Å². The number of carbonyl (C=O) groups excluding carboxylic acids is 5. The van der Waals surface area contributed by atoms with Crippen LogP contribution in [0.15, 0.2) is 12.2 Å². The average molecular weight is 411 g/mol. The molecule has 1 saturated carbocycles. The van der Waals surface area contributed by atoms with E-state index in [1.54, 1.807) is 0 Å². The molecule has 0 aromatic carbocycles. The van der Waals surface area contributed by atoms with Crippen molar-refractivity contribution in [3.8, 4) is 0 Å². The summed E-state index contributed by atoms with van der Waals surface area (Å²) in [6.07, 6.45) is 6.92. The number of primary amides is 1. The van der Waals surface area contributed by atoms with Crippen LogP contribution in [0.1, 0.15) is 32.1 Å². The second-order valence-electron chi connectivity index (χ2n) is 6.74. The molecule has 162 valence electrons. The van der Waals surface area contributed by atoms with Gasteiger partial charge in [-0.1, -0.05) is 12.8 Å². The Kier molecular flexibility index (Phi) is 10.6. The van der Waals surface area contributed by atoms with E-state index in [0.29, 0.717) is 6.54 Å². The molecular weight excluding hydrogens is 382 g/mol. The van der Waals surface area contributed by atoms with Gasteiger partial charge in [-0.15, -0.1) is 0 Å². The van der Waals surface area contributed by atoms with Gasteiger partial charge in [0.2, 0.25) is 17.7 Å². The van der Waals surface area contributed by atoms with Crippen molar-refractivity contribution in [3.05, 3.63) is 12.2 Å². The molecule has 0 bridgehead atoms. The number of aliphatic hydroxyl groups excluding tert-OH is 1. The fourth-order valence-corrected chi connectivity index (χ4v) is 2.84. The Morgan fingerprint density at radius 2 is 1.69 bits per heavy atom. The topological polar surface area (TPSA) is 185 Å². The molecule has 11 nitrogen and oxygen atoms in total. The maximum absolute atomic E-state index is 11.7. The zero-order valence-electron chi connectivity index (χ0n) is 16.3. The van der Waals surface area contributed by atoms with E-state index in [9.17, 15) is 24.0 Å². The summed E-state index contributed by atoms with van der Waals surface area (Å²) in [6.45, 7) is 0.271. The number of hydrogen-bond donors (Lipinski definition) is 5. The van der Waals surface area contributed by atoms with Gasteiger partial charge in [-0.05, 0) is 19.3 Å². The van der Waals surface area contributed by atoms with Crippen LogP contribution in [0.2, 0.25) is 0 Å². The second kappa shape index (κ2) is 12.6. The smallest absolute Gasteiger partial charge is 0.253 e. The summed E-state index contributed by atoms with van der Waals surface area (Å²) in [5.74, 6) is -1.53. The van der Waals surface area contributed by atoms with Crippen LogP contribution in [0.4, 0.5) is 0 Å². The second-order valence-corrected chi connectivity index (χ2v) is 6.74. The maximum Gasteiger partial charge on any atom is 0.253 e. The summed E-state index contributed by atoms with van der Waals surface area (Å²) in [5, 5.41) is 13.4. The molecule has 2 rings (SSSR count). The summed E-state index contributed by atoms with van der Waals surface area (Å²) in [5.41, 5.74) is 10.1. The number of aliphatic hydroxyl groups is 1. The first-order valence-electron chi connectivity index (χ1n) is 9.50. The molecule has 0 spiro atoms. The van der Waals surface area contributed by atoms with Crippen LogP contribution in [0, 0.1) is 5.92 Å². The van der Waals surface area contributed by atoms with E-state index in [-0.39, 0.29) is 43.1 Å². The molecule has 7 N–H and O–H groups in total. The van der Waals surface area contributed by atoms with Gasteiger partial charge in [-0.3, -0.25) is 28.9 Å². The van der Waals surface area contributed by atoms with Gasteiger partial charge in [0.15, 0.2) is 0 Å². The first kappa shape index (κ1) is 24.2. The lowest BCUT2D eigenvalue weighted by molar-refractivity contribution is -0.137. The third-order valence-corrected chi connectivity index (χ3v) is 4.55. The summed E-state index contributed by atoms with van der Waals surface area (Å²) >= 11 is 0. The van der Waals surface area contributed by atoms with E-state index in [0.717, 1.165) is 30.6 Å². The van der Waals surface area contributed by atoms with E-state index >= 15 is 0 Å². The molecule has 1 aliphatic heterocycles. The fraction of sp³-hybridized carbons (Fsp3) is 0.611. The minimum absolute atomic E-state index is 0.0505. The van der Waals surface area contributed by atoms with Crippen LogP contribution >= 0.6 is 0 Å². The number of nitrogens with one attached hydrogen (secondary N) is 2. The lowest BCUT2D eigenvalue weighted by Gasteiger charge is -2.15. The number of nitrogens with two attached hydrogens (primary N) is 2. The minimum atomic E-state index is -0.746. The van der Waals surface area contributed by atoms with Crippen LogP contribution < -0.4 is 22.1 Å². The van der Waals surface area contributed by atoms with Crippen molar-refractivity contribution in [2.75, 3.05) is 26.2 Å². The highest BCUT2D eigenvalue weighted by molar-refractivity contribution is 6.12. The van der Waals surface area contributed by atoms with E-state index in [4.69, 9.17) is 16.6 Å². The number of rotatable bonds is 9. The van der Waals surface area contributed by atoms with E-state index in [1.165, 1.54) is 12.2 Å². The molecule has 1 heterocycles. The van der Waals surface area contributed by atoms with Crippen LogP contribution in [0.5, 0.6) is 0 Å². The van der Waals surface area contributed by atoms with Crippen molar-refractivity contribution in [3.63, 3.8) is 0 Å². The molecule has 1 aliphatic carbocycles. The highest BCUT2D eigenvalue weighted by Gasteiger charge is 2.25. The molecule has 5 amide bonds. The number of imide groups is 1. The third kappa shape index (κ3) is 8.83. The van der Waals surface area contributed by atoms with Gasteiger partial charge < -0.3 is 27.2 Å². The molecule has 0 saturated heterocycles. The van der Waals surface area contributed by atoms with Crippen molar-refractivity contribution >= 4 is 29.5 Å². The standard InChI is InChI=1S/C12H16N2O3.C6H13N3O3/c15-10-5-6-11(16)14(10)8-7-13-12(17)9-3-1-2-4-9;7-4(6(8)12)1-2-9-5(11)3-10/h5-6,9H,1-4,7-8H2,(H,13,17);4,10H,1-3,7H2,(H2,8,12)(H,9,11). The van der Waals surface area contributed by atoms with E-state index < -0.39 is 24.5 Å². The highest BCUT2D eigenvalue weighted by atomic mass is 16.3. The molecule has 1 fully saturated rings. The number of nitrogens with zero attached hydrogens (tertiary/aromatic N) is 1. The van der Waals surface area contributed by atoms with Crippen molar-refractivity contribution in [1.29, 1.82) is 0 Å². The average Bonchev–Trinajstić information content (AvgIpc) is 3.33. The number of hydrogen-bond acceptors (Lipinski definition) is 7. The molecule has 0 aromatic rings. The summed E-state index contributed by atoms with van der Waals surface area (Å²) in [7, 11) is 0. The third-order valence-electron chi connectivity index (χ3n) is 4.55. The summed E-state index contributed by atoms with van der Waals surface area (Å²) in [6, 6.07) is -0.746. The summed E-state index contributed by atoms with van der Waals surface area (Å²) in [4.78, 5) is 56.1. The molecule has 29 heavy (non-hydrogen) atoms. The Hall–Kier alpha value is -2.79. The Morgan fingerprint density at radius 1 is 1.10 bits per heavy atom. The largest absolute Gasteiger partial charge is 0.387 e. The predicted molar refractivity (Wildman–Crippen MR) is 103 cm³/mol. The lowest BCUT2D eigenvalue weighted by atomic mass is 10.1. The quantitative estimate of drug-likeness (QED) is 0.260. The predicted octanol–water partition coefficient (Wildman–Crippen LogP) is -2.48. The zero-order valence-corrected chi connectivity index (χ0v) is 16.3. The van der Waals surface area contributed by atoms with Crippen LogP contribution in [-0.4, -0.2) is 71.8 Å². The molecule has 2 aliphatic rings. The van der Waals surface area contributed by atoms with Crippen LogP contribution in [0.25, 0.3) is 0 Å². The molecular formula is C18H29N5O6. The van der Waals surface area contributed by atoms with Gasteiger partial charge >= 0.3 is 0 Å². The first-order valence-corrected chi connectivity index (χ1v) is 9.50. The Bertz CT molecular complexity index is 627. The highest BCUT2D eigenvalue weighted by Crippen LogP contribution is 2.24. The van der Waals surface area contributed by atoms with Crippen LogP contribution in [0.3, 0.4) is 0 Å². The van der Waals surface area contributed by atoms with E-state index in [2.05, 4.69) is 10.6 Å². The van der Waals surface area contributed by atoms with Gasteiger partial charge in [0.25, 0.3) is 11.8 Å². The molecule has 1 atom stereocenters. The fourth-order valence-electron chi connectivity index (χ4n) is 2.84. The van der Waals surface area contributed by atoms with E-state index in [1.807, 2.05) is 0 Å². The molecule has 11 heteroatoms. The van der Waals surface area contributed by atoms with Crippen molar-refractivity contribution < 1.29 is 29.1 Å². The Morgan fingerprint density at radius 3 is 2.21 bits per heavy atom. The summed E-state index contributed by atoms with van der Waals surface area (Å²) < 4.78 is 0. The van der Waals surface area contributed by atoms with Gasteiger partial charge in [-0.25, -0.2) is 0 Å². The molecule has 0 radical (unpaired) electrons. The van der Waals surface area contributed by atoms with Crippen molar-refractivity contribution in [2.24, 2.45) is 17.4 Å². The van der Waals surface area contributed by atoms with Crippen LogP contribution in [-0.2, 0) is 24.0 Å². The number of carbonyl (C=O) groups is 5. The van der Waals surface area contributed by atoms with Gasteiger partial charge in [0.1, 0.15) is 6.61 Å². The maximum atomic E-state index is 11.7. The SMILES string of the molecule is NC(=O)C(N)CCNC(=O)CO.O=C(NCCN1C(=O)C=CC1=O)C1CCCC1. The normalized spacial score (nSPS) is 17.0. The zero-order chi connectivity index (χ0) is 21.8. The Balaban J connectivity index is 0.000000311.